The Morgan fingerprint density at radius 2 is 1.17 bits per heavy atom. The molecular weight excluding hydrogens is 679 g/mol. The summed E-state index contributed by atoms with van der Waals surface area (Å²) in [6.07, 6.45) is 5.59. The van der Waals surface area contributed by atoms with Gasteiger partial charge in [-0.15, -0.1) is 0 Å². The first-order valence-corrected chi connectivity index (χ1v) is 19.9. The number of hydrogen-bond acceptors (Lipinski definition) is 7. The minimum Gasteiger partial charge on any atom is -0.388 e. The summed E-state index contributed by atoms with van der Waals surface area (Å²) in [6.45, 7) is 2.45. The molecule has 4 aromatic rings. The Kier molecular flexibility index (Phi) is 16.7. The van der Waals surface area contributed by atoms with Crippen molar-refractivity contribution in [3.05, 3.63) is 144 Å². The second-order valence-corrected chi connectivity index (χ2v) is 14.5. The molecular formula is C46H59NO7. The number of aliphatic hydroxyl groups is 3. The van der Waals surface area contributed by atoms with Crippen LogP contribution in [0.2, 0.25) is 0 Å². The Labute approximate surface area is 321 Å². The zero-order valence-corrected chi connectivity index (χ0v) is 31.7. The smallest absolute Gasteiger partial charge is 0.223 e. The Morgan fingerprint density at radius 3 is 1.69 bits per heavy atom. The molecule has 8 nitrogen and oxygen atoms in total. The van der Waals surface area contributed by atoms with Gasteiger partial charge in [-0.3, -0.25) is 4.79 Å². The molecule has 1 aliphatic rings. The number of unbranched alkanes of at least 4 members (excludes halogenated alkanes) is 8. The van der Waals surface area contributed by atoms with Crippen LogP contribution in [0.3, 0.4) is 0 Å². The van der Waals surface area contributed by atoms with Gasteiger partial charge in [-0.05, 0) is 28.7 Å². The molecule has 0 radical (unpaired) electrons. The highest BCUT2D eigenvalue weighted by Gasteiger charge is 2.46. The molecule has 1 saturated heterocycles. The summed E-state index contributed by atoms with van der Waals surface area (Å²) in [7, 11) is 0. The van der Waals surface area contributed by atoms with Crippen molar-refractivity contribution in [1.82, 2.24) is 5.32 Å². The van der Waals surface area contributed by atoms with Crippen LogP contribution in [0.4, 0.5) is 0 Å². The standard InChI is InChI=1S/C46H59NO7/c1-2-3-4-5-6-7-8-9-22-31-39(52-33-35-23-14-10-15-24-35)32-41(48)47-42-44(50)43(49)40(54-45(42)51)34-53-46(36-25-16-11-17-26-36,37-27-18-12-19-28-37)38-29-20-13-21-30-38/h10-21,23-30,39-40,42-45,49-51H,2-9,22,31-34H2,1H3,(H,47,48)/t39-,40-,42-,43-,44-,45?/m1/s1. The third-order valence-corrected chi connectivity index (χ3v) is 10.4. The summed E-state index contributed by atoms with van der Waals surface area (Å²) in [5, 5.41) is 36.5. The molecule has 1 heterocycles. The summed E-state index contributed by atoms with van der Waals surface area (Å²) >= 11 is 0. The van der Waals surface area contributed by atoms with E-state index in [1.165, 1.54) is 38.5 Å². The number of carbonyl (C=O) groups is 1. The normalized spacial score (nSPS) is 20.7. The van der Waals surface area contributed by atoms with E-state index >= 15 is 0 Å². The van der Waals surface area contributed by atoms with Crippen LogP contribution < -0.4 is 5.32 Å². The highest BCUT2D eigenvalue weighted by molar-refractivity contribution is 5.77. The minimum atomic E-state index is -1.58. The number of aliphatic hydroxyl groups excluding tert-OH is 3. The van der Waals surface area contributed by atoms with Gasteiger partial charge in [-0.1, -0.05) is 186 Å². The van der Waals surface area contributed by atoms with Gasteiger partial charge >= 0.3 is 0 Å². The van der Waals surface area contributed by atoms with Gasteiger partial charge < -0.3 is 34.8 Å². The van der Waals surface area contributed by atoms with Gasteiger partial charge in [-0.2, -0.15) is 0 Å². The van der Waals surface area contributed by atoms with E-state index < -0.39 is 42.2 Å². The van der Waals surface area contributed by atoms with E-state index in [2.05, 4.69) is 12.2 Å². The van der Waals surface area contributed by atoms with Crippen LogP contribution in [-0.4, -0.2) is 64.6 Å². The third-order valence-electron chi connectivity index (χ3n) is 10.4. The van der Waals surface area contributed by atoms with Crippen LogP contribution in [0.5, 0.6) is 0 Å². The van der Waals surface area contributed by atoms with Gasteiger partial charge in [0.15, 0.2) is 6.29 Å². The average Bonchev–Trinajstić information content (AvgIpc) is 3.21. The van der Waals surface area contributed by atoms with Gasteiger partial charge in [0.2, 0.25) is 5.91 Å². The summed E-state index contributed by atoms with van der Waals surface area (Å²) in [4.78, 5) is 13.4. The van der Waals surface area contributed by atoms with Crippen LogP contribution >= 0.6 is 0 Å². The van der Waals surface area contributed by atoms with Crippen molar-refractivity contribution >= 4 is 5.91 Å². The van der Waals surface area contributed by atoms with Crippen LogP contribution in [-0.2, 0) is 31.2 Å². The zero-order valence-electron chi connectivity index (χ0n) is 31.7. The molecule has 5 rings (SSSR count). The summed E-state index contributed by atoms with van der Waals surface area (Å²) in [6, 6.07) is 38.0. The number of carbonyl (C=O) groups excluding carboxylic acids is 1. The van der Waals surface area contributed by atoms with Gasteiger partial charge in [0.25, 0.3) is 0 Å². The van der Waals surface area contributed by atoms with E-state index in [-0.39, 0.29) is 19.1 Å². The van der Waals surface area contributed by atoms with Crippen LogP contribution in [0.15, 0.2) is 121 Å². The zero-order chi connectivity index (χ0) is 38.0. The Hall–Kier alpha value is -3.89. The summed E-state index contributed by atoms with van der Waals surface area (Å²) in [5.74, 6) is -0.395. The summed E-state index contributed by atoms with van der Waals surface area (Å²) in [5.41, 5.74) is 2.53. The SMILES string of the molecule is CCCCCCCCCCC[C@H](CC(=O)N[C@H]1C(O)O[C@H](COC(c2ccccc2)(c2ccccc2)c2ccccc2)[C@@H](O)[C@@H]1O)OCc1ccccc1. The van der Waals surface area contributed by atoms with E-state index in [0.717, 1.165) is 47.9 Å². The molecule has 1 fully saturated rings. The molecule has 290 valence electrons. The molecule has 0 saturated carbocycles. The van der Waals surface area contributed by atoms with Gasteiger partial charge in [0, 0.05) is 0 Å². The van der Waals surface area contributed by atoms with Crippen LogP contribution in [0, 0.1) is 0 Å². The number of nitrogens with one attached hydrogen (secondary N) is 1. The van der Waals surface area contributed by atoms with E-state index in [1.807, 2.05) is 121 Å². The van der Waals surface area contributed by atoms with Gasteiger partial charge in [0.05, 0.1) is 25.7 Å². The van der Waals surface area contributed by atoms with Crippen molar-refractivity contribution in [2.24, 2.45) is 0 Å². The largest absolute Gasteiger partial charge is 0.388 e. The van der Waals surface area contributed by atoms with Crippen molar-refractivity contribution in [3.63, 3.8) is 0 Å². The lowest BCUT2D eigenvalue weighted by molar-refractivity contribution is -0.261. The fourth-order valence-corrected chi connectivity index (χ4v) is 7.38. The molecule has 8 heteroatoms. The van der Waals surface area contributed by atoms with Gasteiger partial charge in [0.1, 0.15) is 30.0 Å². The van der Waals surface area contributed by atoms with E-state index in [9.17, 15) is 20.1 Å². The maximum absolute atomic E-state index is 13.4. The van der Waals surface area contributed by atoms with Crippen molar-refractivity contribution in [2.75, 3.05) is 6.61 Å². The molecule has 1 amide bonds. The number of benzene rings is 4. The van der Waals surface area contributed by atoms with Crippen molar-refractivity contribution in [1.29, 1.82) is 0 Å². The Bertz CT molecular complexity index is 1510. The molecule has 6 atom stereocenters. The maximum atomic E-state index is 13.4. The van der Waals surface area contributed by atoms with E-state index in [1.54, 1.807) is 0 Å². The highest BCUT2D eigenvalue weighted by Crippen LogP contribution is 2.41. The Morgan fingerprint density at radius 1 is 0.685 bits per heavy atom. The van der Waals surface area contributed by atoms with E-state index in [4.69, 9.17) is 14.2 Å². The fourth-order valence-electron chi connectivity index (χ4n) is 7.38. The van der Waals surface area contributed by atoms with Crippen molar-refractivity contribution in [2.45, 2.75) is 127 Å². The van der Waals surface area contributed by atoms with Crippen LogP contribution in [0.25, 0.3) is 0 Å². The first-order chi connectivity index (χ1) is 26.4. The average molecular weight is 738 g/mol. The lowest BCUT2D eigenvalue weighted by Gasteiger charge is -2.43. The molecule has 0 aromatic heterocycles. The van der Waals surface area contributed by atoms with Crippen molar-refractivity contribution in [3.8, 4) is 0 Å². The first kappa shape index (κ1) is 41.3. The molecule has 1 aliphatic heterocycles. The lowest BCUT2D eigenvalue weighted by Crippen LogP contribution is -2.64. The number of hydrogen-bond donors (Lipinski definition) is 4. The quantitative estimate of drug-likeness (QED) is 0.0480. The fraction of sp³-hybridized carbons (Fsp3) is 0.457. The summed E-state index contributed by atoms with van der Waals surface area (Å²) < 4.78 is 18.9. The minimum absolute atomic E-state index is 0.0518. The number of rotatable bonds is 22. The second-order valence-electron chi connectivity index (χ2n) is 14.5. The van der Waals surface area contributed by atoms with Crippen LogP contribution in [0.1, 0.15) is 99.8 Å². The predicted molar refractivity (Wildman–Crippen MR) is 211 cm³/mol. The molecule has 0 aliphatic carbocycles. The van der Waals surface area contributed by atoms with Gasteiger partial charge in [-0.25, -0.2) is 0 Å². The lowest BCUT2D eigenvalue weighted by atomic mass is 9.80. The first-order valence-electron chi connectivity index (χ1n) is 19.9. The predicted octanol–water partition coefficient (Wildman–Crippen LogP) is 7.82. The molecule has 0 spiro atoms. The molecule has 1 unspecified atom stereocenters. The monoisotopic (exact) mass is 737 g/mol. The molecule has 4 N–H and O–H groups in total. The molecule has 54 heavy (non-hydrogen) atoms. The van der Waals surface area contributed by atoms with E-state index in [0.29, 0.717) is 6.61 Å². The Balaban J connectivity index is 1.21. The third kappa shape index (κ3) is 11.6. The molecule has 0 bridgehead atoms. The topological polar surface area (TPSA) is 117 Å². The van der Waals surface area contributed by atoms with Crippen molar-refractivity contribution < 1.29 is 34.3 Å². The maximum Gasteiger partial charge on any atom is 0.223 e. The number of ether oxygens (including phenoxy) is 3. The molecule has 4 aromatic carbocycles. The second kappa shape index (κ2) is 21.9. The highest BCUT2D eigenvalue weighted by atomic mass is 16.6. The number of amides is 1.